The lowest BCUT2D eigenvalue weighted by Crippen LogP contribution is -2.29. The molecule has 8 heteroatoms. The van der Waals surface area contributed by atoms with Gasteiger partial charge in [-0.05, 0) is 32.0 Å². The van der Waals surface area contributed by atoms with Gasteiger partial charge < -0.3 is 18.6 Å². The van der Waals surface area contributed by atoms with Crippen LogP contribution in [0.3, 0.4) is 0 Å². The maximum atomic E-state index is 12.1. The highest BCUT2D eigenvalue weighted by Crippen LogP contribution is 2.22. The molecule has 0 N–H and O–H groups in total. The number of carbonyl (C=O) groups is 2. The Bertz CT molecular complexity index is 867. The molecule has 0 aliphatic carbocycles. The van der Waals surface area contributed by atoms with Gasteiger partial charge in [-0.1, -0.05) is 0 Å². The minimum absolute atomic E-state index is 0.0544. The summed E-state index contributed by atoms with van der Waals surface area (Å²) >= 11 is 0. The van der Waals surface area contributed by atoms with Gasteiger partial charge in [0.2, 0.25) is 0 Å². The number of aliphatic imine (C=N–C) groups is 1. The van der Waals surface area contributed by atoms with Gasteiger partial charge in [0, 0.05) is 17.7 Å². The van der Waals surface area contributed by atoms with E-state index in [1.165, 1.54) is 13.2 Å². The van der Waals surface area contributed by atoms with Gasteiger partial charge in [0.25, 0.3) is 0 Å². The molecular formula is C18H19NO7. The molecule has 0 saturated heterocycles. The first-order chi connectivity index (χ1) is 12.5. The Morgan fingerprint density at radius 3 is 2.38 bits per heavy atom. The first kappa shape index (κ1) is 19.2. The average molecular weight is 361 g/mol. The highest BCUT2D eigenvalue weighted by atomic mass is 16.6. The Hall–Kier alpha value is -3.16. The molecule has 0 aliphatic rings. The van der Waals surface area contributed by atoms with E-state index in [1.54, 1.807) is 32.0 Å². The fourth-order valence-electron chi connectivity index (χ4n) is 2.13. The van der Waals surface area contributed by atoms with Crippen molar-refractivity contribution < 1.29 is 28.2 Å². The molecule has 1 aromatic carbocycles. The molecule has 0 unspecified atom stereocenters. The van der Waals surface area contributed by atoms with Gasteiger partial charge in [0.15, 0.2) is 5.92 Å². The Labute approximate surface area is 149 Å². The molecule has 0 saturated carbocycles. The smallest absolute Gasteiger partial charge is 0.362 e. The van der Waals surface area contributed by atoms with Crippen molar-refractivity contribution in [3.63, 3.8) is 0 Å². The molecule has 1 aromatic heterocycles. The van der Waals surface area contributed by atoms with Crippen LogP contribution in [0.2, 0.25) is 0 Å². The summed E-state index contributed by atoms with van der Waals surface area (Å²) in [6.07, 6.45) is 1.03. The van der Waals surface area contributed by atoms with Gasteiger partial charge in [-0.3, -0.25) is 14.6 Å². The second-order valence-corrected chi connectivity index (χ2v) is 5.08. The van der Waals surface area contributed by atoms with Crippen LogP contribution in [0.1, 0.15) is 13.8 Å². The quantitative estimate of drug-likeness (QED) is 0.322. The monoisotopic (exact) mass is 361 g/mol. The van der Waals surface area contributed by atoms with Crippen molar-refractivity contribution in [3.8, 4) is 5.75 Å². The number of benzene rings is 1. The molecule has 8 nitrogen and oxygen atoms in total. The van der Waals surface area contributed by atoms with E-state index in [2.05, 4.69) is 4.99 Å². The van der Waals surface area contributed by atoms with Gasteiger partial charge in [0.05, 0.1) is 20.3 Å². The van der Waals surface area contributed by atoms with Crippen molar-refractivity contribution in [2.45, 2.75) is 13.8 Å². The van der Waals surface area contributed by atoms with E-state index in [0.717, 1.165) is 6.21 Å². The number of hydrogen-bond acceptors (Lipinski definition) is 8. The number of nitrogens with zero attached hydrogens (tertiary/aromatic N) is 1. The third-order valence-electron chi connectivity index (χ3n) is 3.37. The Morgan fingerprint density at radius 2 is 1.81 bits per heavy atom. The minimum Gasteiger partial charge on any atom is -0.497 e. The van der Waals surface area contributed by atoms with E-state index in [1.807, 2.05) is 0 Å². The average Bonchev–Trinajstić information content (AvgIpc) is 2.62. The molecule has 0 aliphatic heterocycles. The molecule has 2 rings (SSSR count). The largest absolute Gasteiger partial charge is 0.497 e. The summed E-state index contributed by atoms with van der Waals surface area (Å²) in [6.45, 7) is 3.43. The maximum Gasteiger partial charge on any atom is 0.362 e. The van der Waals surface area contributed by atoms with Gasteiger partial charge in [-0.15, -0.1) is 0 Å². The number of carbonyl (C=O) groups excluding carboxylic acids is 2. The van der Waals surface area contributed by atoms with Crippen LogP contribution in [0.15, 0.2) is 38.5 Å². The highest BCUT2D eigenvalue weighted by molar-refractivity contribution is 6.09. The first-order valence-corrected chi connectivity index (χ1v) is 7.99. The summed E-state index contributed by atoms with van der Waals surface area (Å²) in [7, 11) is 1.50. The number of hydrogen-bond donors (Lipinski definition) is 0. The SMILES string of the molecule is CCOC(=O)C(C=Nc1cc2ccc(OC)cc2oc1=O)C(=O)OCC. The Balaban J connectivity index is 2.36. The molecule has 0 radical (unpaired) electrons. The second-order valence-electron chi connectivity index (χ2n) is 5.08. The lowest BCUT2D eigenvalue weighted by atomic mass is 10.1. The maximum absolute atomic E-state index is 12.1. The van der Waals surface area contributed by atoms with Crippen molar-refractivity contribution in [3.05, 3.63) is 34.7 Å². The molecular weight excluding hydrogens is 342 g/mol. The molecule has 1 heterocycles. The summed E-state index contributed by atoms with van der Waals surface area (Å²) in [5.74, 6) is -2.42. The van der Waals surface area contributed by atoms with Crippen molar-refractivity contribution in [1.29, 1.82) is 0 Å². The van der Waals surface area contributed by atoms with Gasteiger partial charge in [-0.25, -0.2) is 4.79 Å². The Kier molecular flexibility index (Phi) is 6.48. The van der Waals surface area contributed by atoms with E-state index in [9.17, 15) is 14.4 Å². The summed E-state index contributed by atoms with van der Waals surface area (Å²) in [6, 6.07) is 6.47. The zero-order chi connectivity index (χ0) is 19.1. The lowest BCUT2D eigenvalue weighted by Gasteiger charge is -2.09. The summed E-state index contributed by atoms with van der Waals surface area (Å²) in [5, 5.41) is 0.612. The van der Waals surface area contributed by atoms with Crippen molar-refractivity contribution in [2.24, 2.45) is 10.9 Å². The van der Waals surface area contributed by atoms with Crippen molar-refractivity contribution >= 4 is 34.8 Å². The van der Waals surface area contributed by atoms with Gasteiger partial charge in [-0.2, -0.15) is 0 Å². The first-order valence-electron chi connectivity index (χ1n) is 7.99. The molecule has 0 fully saturated rings. The Morgan fingerprint density at radius 1 is 1.15 bits per heavy atom. The number of fused-ring (bicyclic) bond motifs is 1. The lowest BCUT2D eigenvalue weighted by molar-refractivity contribution is -0.157. The van der Waals surface area contributed by atoms with E-state index in [-0.39, 0.29) is 18.9 Å². The van der Waals surface area contributed by atoms with E-state index in [4.69, 9.17) is 18.6 Å². The summed E-state index contributed by atoms with van der Waals surface area (Å²) < 4.78 is 20.0. The topological polar surface area (TPSA) is 104 Å². The zero-order valence-corrected chi connectivity index (χ0v) is 14.7. The second kappa shape index (κ2) is 8.80. The zero-order valence-electron chi connectivity index (χ0n) is 14.7. The summed E-state index contributed by atoms with van der Waals surface area (Å²) in [5.41, 5.74) is -0.435. The van der Waals surface area contributed by atoms with Gasteiger partial charge >= 0.3 is 17.6 Å². The van der Waals surface area contributed by atoms with Crippen molar-refractivity contribution in [2.75, 3.05) is 20.3 Å². The van der Waals surface area contributed by atoms with Gasteiger partial charge in [0.1, 0.15) is 17.0 Å². The molecule has 26 heavy (non-hydrogen) atoms. The van der Waals surface area contributed by atoms with E-state index in [0.29, 0.717) is 16.7 Å². The molecule has 138 valence electrons. The van der Waals surface area contributed by atoms with Crippen LogP contribution >= 0.6 is 0 Å². The summed E-state index contributed by atoms with van der Waals surface area (Å²) in [4.78, 5) is 39.9. The number of ether oxygens (including phenoxy) is 3. The fourth-order valence-corrected chi connectivity index (χ4v) is 2.13. The number of rotatable bonds is 7. The van der Waals surface area contributed by atoms with Crippen molar-refractivity contribution in [1.82, 2.24) is 0 Å². The molecule has 0 amide bonds. The molecule has 2 aromatic rings. The van der Waals surface area contributed by atoms with E-state index < -0.39 is 23.5 Å². The molecule has 0 bridgehead atoms. The fraction of sp³-hybridized carbons (Fsp3) is 0.333. The van der Waals surface area contributed by atoms with Crippen LogP contribution in [0.4, 0.5) is 5.69 Å². The minimum atomic E-state index is -1.36. The van der Waals surface area contributed by atoms with Crippen LogP contribution < -0.4 is 10.4 Å². The van der Waals surface area contributed by atoms with E-state index >= 15 is 0 Å². The molecule has 0 atom stereocenters. The predicted molar refractivity (Wildman–Crippen MR) is 93.9 cm³/mol. The van der Waals surface area contributed by atoms with Crippen LogP contribution in [-0.2, 0) is 19.1 Å². The normalized spacial score (nSPS) is 11.1. The third kappa shape index (κ3) is 4.47. The predicted octanol–water partition coefficient (Wildman–Crippen LogP) is 2.25. The third-order valence-corrected chi connectivity index (χ3v) is 3.37. The van der Waals surface area contributed by atoms with Crippen LogP contribution in [0.5, 0.6) is 5.75 Å². The van der Waals surface area contributed by atoms with Crippen LogP contribution in [-0.4, -0.2) is 38.5 Å². The number of esters is 2. The number of methoxy groups -OCH3 is 1. The van der Waals surface area contributed by atoms with Crippen LogP contribution in [0.25, 0.3) is 11.0 Å². The van der Waals surface area contributed by atoms with Crippen LogP contribution in [0, 0.1) is 5.92 Å². The highest BCUT2D eigenvalue weighted by Gasteiger charge is 2.27. The molecule has 0 spiro atoms. The standard InChI is InChI=1S/C18H19NO7/c1-4-24-16(20)13(17(21)25-5-2)10-19-14-8-11-6-7-12(23-3)9-15(11)26-18(14)22/h6-10,13H,4-5H2,1-3H3.